The van der Waals surface area contributed by atoms with E-state index < -0.39 is 23.0 Å². The summed E-state index contributed by atoms with van der Waals surface area (Å²) in [5.41, 5.74) is -0.644. The minimum absolute atomic E-state index is 0.0400. The highest BCUT2D eigenvalue weighted by Crippen LogP contribution is 2.41. The first kappa shape index (κ1) is 25.7. The van der Waals surface area contributed by atoms with Crippen LogP contribution in [0.5, 0.6) is 0 Å². The summed E-state index contributed by atoms with van der Waals surface area (Å²) in [7, 11) is 1.46. The highest BCUT2D eigenvalue weighted by molar-refractivity contribution is 6.10. The Kier molecular flexibility index (Phi) is 7.94. The molecule has 0 saturated carbocycles. The van der Waals surface area contributed by atoms with Gasteiger partial charge in [0.2, 0.25) is 17.7 Å². The van der Waals surface area contributed by atoms with Gasteiger partial charge in [0.1, 0.15) is 11.6 Å². The lowest BCUT2D eigenvalue weighted by Crippen LogP contribution is -2.47. The standard InChI is InChI=1S/C28H31FN2O5/c1-36-15-14-31-26(34)18-28(27(31)35,22-11-5-6-12-23(22)29)17-25(33)30-13-7-10-21(19-30)24(32)16-20-8-3-2-4-9-20/h2-6,8-9,11-12,21H,7,10,13-19H2,1H3. The van der Waals surface area contributed by atoms with Crippen LogP contribution in [-0.4, -0.2) is 66.7 Å². The van der Waals surface area contributed by atoms with Crippen molar-refractivity contribution in [3.05, 3.63) is 71.5 Å². The molecule has 2 aliphatic heterocycles. The Morgan fingerprint density at radius 1 is 1.08 bits per heavy atom. The van der Waals surface area contributed by atoms with Gasteiger partial charge in [0.15, 0.2) is 0 Å². The number of amides is 3. The number of ether oxygens (including phenoxy) is 1. The molecule has 2 heterocycles. The molecule has 8 heteroatoms. The Bertz CT molecular complexity index is 1140. The average Bonchev–Trinajstić information content (AvgIpc) is 3.12. The highest BCUT2D eigenvalue weighted by Gasteiger charge is 2.55. The number of likely N-dealkylation sites (tertiary alicyclic amines) is 2. The Morgan fingerprint density at radius 3 is 2.53 bits per heavy atom. The lowest BCUT2D eigenvalue weighted by Gasteiger charge is -2.35. The zero-order valence-corrected chi connectivity index (χ0v) is 20.5. The molecule has 2 unspecified atom stereocenters. The summed E-state index contributed by atoms with van der Waals surface area (Å²) in [6, 6.07) is 15.3. The molecule has 0 spiro atoms. The number of nitrogens with zero attached hydrogens (tertiary/aromatic N) is 2. The summed E-state index contributed by atoms with van der Waals surface area (Å²) >= 11 is 0. The van der Waals surface area contributed by atoms with Crippen molar-refractivity contribution in [1.29, 1.82) is 0 Å². The molecule has 36 heavy (non-hydrogen) atoms. The molecule has 4 rings (SSSR count). The van der Waals surface area contributed by atoms with Crippen LogP contribution < -0.4 is 0 Å². The molecule has 0 aromatic heterocycles. The quantitative estimate of drug-likeness (QED) is 0.501. The third kappa shape index (κ3) is 5.23. The normalized spacial score (nSPS) is 22.2. The van der Waals surface area contributed by atoms with E-state index >= 15 is 0 Å². The van der Waals surface area contributed by atoms with Crippen LogP contribution >= 0.6 is 0 Å². The molecule has 2 fully saturated rings. The van der Waals surface area contributed by atoms with Gasteiger partial charge >= 0.3 is 0 Å². The molecule has 0 radical (unpaired) electrons. The van der Waals surface area contributed by atoms with Crippen molar-refractivity contribution in [2.45, 2.75) is 37.5 Å². The molecule has 0 aliphatic carbocycles. The van der Waals surface area contributed by atoms with Crippen molar-refractivity contribution >= 4 is 23.5 Å². The van der Waals surface area contributed by atoms with Gasteiger partial charge in [-0.1, -0.05) is 48.5 Å². The number of carbonyl (C=O) groups excluding carboxylic acids is 4. The van der Waals surface area contributed by atoms with Crippen LogP contribution in [0.1, 0.15) is 36.8 Å². The van der Waals surface area contributed by atoms with Crippen LogP contribution in [0.4, 0.5) is 4.39 Å². The van der Waals surface area contributed by atoms with E-state index in [4.69, 9.17) is 4.74 Å². The molecule has 2 aromatic carbocycles. The van der Waals surface area contributed by atoms with Gasteiger partial charge in [0, 0.05) is 50.9 Å². The molecule has 7 nitrogen and oxygen atoms in total. The smallest absolute Gasteiger partial charge is 0.241 e. The zero-order chi connectivity index (χ0) is 25.7. The Morgan fingerprint density at radius 2 is 1.81 bits per heavy atom. The van der Waals surface area contributed by atoms with E-state index in [9.17, 15) is 23.6 Å². The lowest BCUT2D eigenvalue weighted by atomic mass is 9.75. The number of carbonyl (C=O) groups is 4. The number of piperidine rings is 1. The van der Waals surface area contributed by atoms with Crippen molar-refractivity contribution in [3.63, 3.8) is 0 Å². The average molecular weight is 495 g/mol. The molecule has 2 saturated heterocycles. The second-order valence-corrected chi connectivity index (χ2v) is 9.57. The van der Waals surface area contributed by atoms with Gasteiger partial charge in [-0.2, -0.15) is 0 Å². The van der Waals surface area contributed by atoms with E-state index in [1.165, 1.54) is 25.3 Å². The van der Waals surface area contributed by atoms with Gasteiger partial charge in [-0.3, -0.25) is 24.1 Å². The number of imide groups is 1. The molecular weight excluding hydrogens is 463 g/mol. The van der Waals surface area contributed by atoms with E-state index in [1.54, 1.807) is 11.0 Å². The topological polar surface area (TPSA) is 84.0 Å². The Hall–Kier alpha value is -3.39. The summed E-state index contributed by atoms with van der Waals surface area (Å²) < 4.78 is 20.0. The summed E-state index contributed by atoms with van der Waals surface area (Å²) in [6.45, 7) is 0.901. The zero-order valence-electron chi connectivity index (χ0n) is 20.5. The molecule has 0 bridgehead atoms. The Labute approximate surface area is 210 Å². The van der Waals surface area contributed by atoms with Crippen LogP contribution in [0.2, 0.25) is 0 Å². The third-order valence-corrected chi connectivity index (χ3v) is 7.22. The van der Waals surface area contributed by atoms with Crippen LogP contribution in [-0.2, 0) is 35.8 Å². The van der Waals surface area contributed by atoms with Crippen molar-refractivity contribution in [3.8, 4) is 0 Å². The van der Waals surface area contributed by atoms with Gasteiger partial charge < -0.3 is 9.64 Å². The maximum atomic E-state index is 15.0. The third-order valence-electron chi connectivity index (χ3n) is 7.22. The molecule has 2 aromatic rings. The van der Waals surface area contributed by atoms with Crippen molar-refractivity contribution in [2.75, 3.05) is 33.4 Å². The molecular formula is C28H31FN2O5. The maximum absolute atomic E-state index is 15.0. The van der Waals surface area contributed by atoms with E-state index in [2.05, 4.69) is 0 Å². The predicted octanol–water partition coefficient (Wildman–Crippen LogP) is 2.91. The molecule has 3 amide bonds. The number of benzene rings is 2. The van der Waals surface area contributed by atoms with Gasteiger partial charge in [-0.15, -0.1) is 0 Å². The number of hydrogen-bond donors (Lipinski definition) is 0. The van der Waals surface area contributed by atoms with Gasteiger partial charge in [-0.05, 0) is 24.5 Å². The van der Waals surface area contributed by atoms with Gasteiger partial charge in [0.25, 0.3) is 0 Å². The van der Waals surface area contributed by atoms with Crippen LogP contribution in [0, 0.1) is 11.7 Å². The van der Waals surface area contributed by atoms with Crippen LogP contribution in [0.3, 0.4) is 0 Å². The van der Waals surface area contributed by atoms with E-state index in [0.717, 1.165) is 10.5 Å². The number of halogens is 1. The van der Waals surface area contributed by atoms with E-state index in [0.29, 0.717) is 25.8 Å². The fourth-order valence-electron chi connectivity index (χ4n) is 5.28. The first-order valence-electron chi connectivity index (χ1n) is 12.3. The number of methoxy groups -OCH3 is 1. The number of rotatable bonds is 9. The second-order valence-electron chi connectivity index (χ2n) is 9.57. The fraction of sp³-hybridized carbons (Fsp3) is 0.429. The van der Waals surface area contributed by atoms with Crippen molar-refractivity contribution in [1.82, 2.24) is 9.80 Å². The largest absolute Gasteiger partial charge is 0.383 e. The maximum Gasteiger partial charge on any atom is 0.241 e. The second kappa shape index (κ2) is 11.1. The van der Waals surface area contributed by atoms with Crippen molar-refractivity contribution < 1.29 is 28.3 Å². The Balaban J connectivity index is 1.54. The number of hydrogen-bond acceptors (Lipinski definition) is 5. The first-order valence-corrected chi connectivity index (χ1v) is 12.3. The minimum Gasteiger partial charge on any atom is -0.383 e. The highest BCUT2D eigenvalue weighted by atomic mass is 19.1. The molecule has 2 aliphatic rings. The number of Topliss-reactive ketones (excluding diaryl/α,β-unsaturated/α-hetero) is 1. The van der Waals surface area contributed by atoms with Crippen molar-refractivity contribution in [2.24, 2.45) is 5.92 Å². The fourth-order valence-corrected chi connectivity index (χ4v) is 5.28. The summed E-state index contributed by atoms with van der Waals surface area (Å²) in [5.74, 6) is -2.26. The van der Waals surface area contributed by atoms with Crippen LogP contribution in [0.25, 0.3) is 0 Å². The minimum atomic E-state index is -1.62. The predicted molar refractivity (Wildman–Crippen MR) is 130 cm³/mol. The van der Waals surface area contributed by atoms with Crippen LogP contribution in [0.15, 0.2) is 54.6 Å². The SMILES string of the molecule is COCCN1C(=O)CC(CC(=O)N2CCCC(C(=O)Cc3ccccc3)C2)(c2ccccc2F)C1=O. The summed E-state index contributed by atoms with van der Waals surface area (Å²) in [5, 5.41) is 0. The molecule has 2 atom stereocenters. The monoisotopic (exact) mass is 494 g/mol. The van der Waals surface area contributed by atoms with Gasteiger partial charge in [0.05, 0.1) is 18.6 Å². The van der Waals surface area contributed by atoms with E-state index in [-0.39, 0.29) is 55.7 Å². The van der Waals surface area contributed by atoms with E-state index in [1.807, 2.05) is 30.3 Å². The lowest BCUT2D eigenvalue weighted by molar-refractivity contribution is -0.144. The molecule has 0 N–H and O–H groups in total. The first-order chi connectivity index (χ1) is 17.4. The summed E-state index contributed by atoms with van der Waals surface area (Å²) in [6.07, 6.45) is 1.04. The summed E-state index contributed by atoms with van der Waals surface area (Å²) in [4.78, 5) is 55.5. The molecule has 190 valence electrons. The van der Waals surface area contributed by atoms with Gasteiger partial charge in [-0.25, -0.2) is 4.39 Å². The number of ketones is 1.